The van der Waals surface area contributed by atoms with Crippen LogP contribution in [-0.2, 0) is 0 Å². The molecule has 1 aliphatic heterocycles. The van der Waals surface area contributed by atoms with E-state index in [1.807, 2.05) is 0 Å². The summed E-state index contributed by atoms with van der Waals surface area (Å²) in [5.41, 5.74) is 5.73. The molecule has 0 saturated carbocycles. The average molecular weight is 212 g/mol. The fourth-order valence-electron chi connectivity index (χ4n) is 2.41. The van der Waals surface area contributed by atoms with Crippen LogP contribution in [0.4, 0.5) is 0 Å². The van der Waals surface area contributed by atoms with E-state index in [1.54, 1.807) is 0 Å². The molecule has 1 aliphatic rings. The number of rotatable bonds is 6. The Hall–Kier alpha value is -0.0800. The molecule has 1 saturated heterocycles. The van der Waals surface area contributed by atoms with Gasteiger partial charge in [0.1, 0.15) is 0 Å². The van der Waals surface area contributed by atoms with Crippen molar-refractivity contribution in [2.45, 2.75) is 52.5 Å². The normalized spacial score (nSPS) is 25.0. The first-order valence-electron chi connectivity index (χ1n) is 6.57. The van der Waals surface area contributed by atoms with Gasteiger partial charge in [0.2, 0.25) is 0 Å². The zero-order valence-corrected chi connectivity index (χ0v) is 10.7. The topological polar surface area (TPSA) is 29.3 Å². The Morgan fingerprint density at radius 1 is 1.27 bits per heavy atom. The van der Waals surface area contributed by atoms with E-state index in [1.165, 1.54) is 45.3 Å². The summed E-state index contributed by atoms with van der Waals surface area (Å²) in [6, 6.07) is 0.381. The molecular weight excluding hydrogens is 184 g/mol. The van der Waals surface area contributed by atoms with Gasteiger partial charge < -0.3 is 10.6 Å². The second-order valence-corrected chi connectivity index (χ2v) is 5.57. The molecule has 2 unspecified atom stereocenters. The fraction of sp³-hybridized carbons (Fsp3) is 1.00. The predicted molar refractivity (Wildman–Crippen MR) is 66.9 cm³/mol. The Balaban J connectivity index is 2.04. The van der Waals surface area contributed by atoms with Crippen molar-refractivity contribution in [3.63, 3.8) is 0 Å². The molecule has 2 heteroatoms. The molecule has 0 bridgehead atoms. The van der Waals surface area contributed by atoms with Crippen molar-refractivity contribution in [3.05, 3.63) is 0 Å². The van der Waals surface area contributed by atoms with Gasteiger partial charge >= 0.3 is 0 Å². The first kappa shape index (κ1) is 13.0. The summed E-state index contributed by atoms with van der Waals surface area (Å²) < 4.78 is 0. The Labute approximate surface area is 95.2 Å². The van der Waals surface area contributed by atoms with Gasteiger partial charge in [0.05, 0.1) is 0 Å². The van der Waals surface area contributed by atoms with Crippen molar-refractivity contribution in [1.82, 2.24) is 4.90 Å². The Morgan fingerprint density at radius 2 is 2.00 bits per heavy atom. The van der Waals surface area contributed by atoms with E-state index in [0.29, 0.717) is 6.04 Å². The second kappa shape index (κ2) is 6.49. The van der Waals surface area contributed by atoms with E-state index in [0.717, 1.165) is 11.8 Å². The highest BCUT2D eigenvalue weighted by Gasteiger charge is 2.23. The molecule has 0 radical (unpaired) electrons. The lowest BCUT2D eigenvalue weighted by Crippen LogP contribution is -2.23. The molecule has 0 aromatic heterocycles. The summed E-state index contributed by atoms with van der Waals surface area (Å²) in [6.07, 6.45) is 5.21. The van der Waals surface area contributed by atoms with Crippen molar-refractivity contribution in [2.24, 2.45) is 17.6 Å². The van der Waals surface area contributed by atoms with Crippen LogP contribution in [0, 0.1) is 11.8 Å². The van der Waals surface area contributed by atoms with Crippen molar-refractivity contribution >= 4 is 0 Å². The monoisotopic (exact) mass is 212 g/mol. The van der Waals surface area contributed by atoms with Crippen LogP contribution in [-0.4, -0.2) is 30.6 Å². The lowest BCUT2D eigenvalue weighted by Gasteiger charge is -2.17. The largest absolute Gasteiger partial charge is 0.328 e. The van der Waals surface area contributed by atoms with Gasteiger partial charge in [-0.05, 0) is 51.1 Å². The molecule has 0 amide bonds. The lowest BCUT2D eigenvalue weighted by molar-refractivity contribution is 0.296. The van der Waals surface area contributed by atoms with E-state index in [2.05, 4.69) is 25.7 Å². The molecule has 1 rings (SSSR count). The minimum absolute atomic E-state index is 0.381. The van der Waals surface area contributed by atoms with E-state index >= 15 is 0 Å². The standard InChI is InChI=1S/C13H28N2/c1-11(2)13-7-9-15(10-13)8-5-4-6-12(3)14/h11-13H,4-10,14H2,1-3H3. The van der Waals surface area contributed by atoms with Gasteiger partial charge in [-0.1, -0.05) is 20.3 Å². The number of nitrogens with two attached hydrogens (primary N) is 1. The van der Waals surface area contributed by atoms with Gasteiger partial charge in [0.15, 0.2) is 0 Å². The highest BCUT2D eigenvalue weighted by molar-refractivity contribution is 4.77. The zero-order chi connectivity index (χ0) is 11.3. The fourth-order valence-corrected chi connectivity index (χ4v) is 2.41. The Morgan fingerprint density at radius 3 is 2.53 bits per heavy atom. The molecule has 0 spiro atoms. The number of hydrogen-bond donors (Lipinski definition) is 1. The van der Waals surface area contributed by atoms with Crippen LogP contribution in [0.15, 0.2) is 0 Å². The molecule has 1 heterocycles. The maximum atomic E-state index is 5.73. The van der Waals surface area contributed by atoms with Crippen molar-refractivity contribution in [1.29, 1.82) is 0 Å². The molecule has 2 N–H and O–H groups in total. The van der Waals surface area contributed by atoms with Gasteiger partial charge in [-0.3, -0.25) is 0 Å². The summed E-state index contributed by atoms with van der Waals surface area (Å²) in [4.78, 5) is 2.63. The first-order valence-corrected chi connectivity index (χ1v) is 6.57. The molecule has 0 aliphatic carbocycles. The third-order valence-electron chi connectivity index (χ3n) is 3.64. The van der Waals surface area contributed by atoms with Gasteiger partial charge in [-0.15, -0.1) is 0 Å². The molecule has 2 nitrogen and oxygen atoms in total. The predicted octanol–water partition coefficient (Wildman–Crippen LogP) is 2.48. The quantitative estimate of drug-likeness (QED) is 0.685. The number of hydrogen-bond acceptors (Lipinski definition) is 2. The lowest BCUT2D eigenvalue weighted by atomic mass is 9.95. The highest BCUT2D eigenvalue weighted by atomic mass is 15.1. The summed E-state index contributed by atoms with van der Waals surface area (Å²) in [7, 11) is 0. The summed E-state index contributed by atoms with van der Waals surface area (Å²) in [5.74, 6) is 1.80. The first-order chi connectivity index (χ1) is 7.09. The van der Waals surface area contributed by atoms with Crippen LogP contribution in [0.2, 0.25) is 0 Å². The third-order valence-corrected chi connectivity index (χ3v) is 3.64. The van der Waals surface area contributed by atoms with E-state index in [4.69, 9.17) is 5.73 Å². The molecule has 1 fully saturated rings. The van der Waals surface area contributed by atoms with Gasteiger partial charge in [-0.2, -0.15) is 0 Å². The summed E-state index contributed by atoms with van der Waals surface area (Å²) in [6.45, 7) is 10.7. The summed E-state index contributed by atoms with van der Waals surface area (Å²) >= 11 is 0. The summed E-state index contributed by atoms with van der Waals surface area (Å²) in [5, 5.41) is 0. The number of nitrogens with zero attached hydrogens (tertiary/aromatic N) is 1. The molecule has 90 valence electrons. The Bertz CT molecular complexity index is 166. The van der Waals surface area contributed by atoms with Crippen LogP contribution in [0.3, 0.4) is 0 Å². The van der Waals surface area contributed by atoms with Crippen molar-refractivity contribution in [3.8, 4) is 0 Å². The van der Waals surface area contributed by atoms with Crippen LogP contribution in [0.5, 0.6) is 0 Å². The van der Waals surface area contributed by atoms with Crippen LogP contribution in [0.1, 0.15) is 46.5 Å². The second-order valence-electron chi connectivity index (χ2n) is 5.57. The molecule has 2 atom stereocenters. The molecule has 0 aromatic rings. The van der Waals surface area contributed by atoms with E-state index in [-0.39, 0.29) is 0 Å². The van der Waals surface area contributed by atoms with Gasteiger partial charge in [0.25, 0.3) is 0 Å². The van der Waals surface area contributed by atoms with E-state index in [9.17, 15) is 0 Å². The van der Waals surface area contributed by atoms with Crippen molar-refractivity contribution < 1.29 is 0 Å². The van der Waals surface area contributed by atoms with Crippen LogP contribution < -0.4 is 5.73 Å². The minimum atomic E-state index is 0.381. The third kappa shape index (κ3) is 4.98. The van der Waals surface area contributed by atoms with E-state index < -0.39 is 0 Å². The van der Waals surface area contributed by atoms with Crippen LogP contribution >= 0.6 is 0 Å². The number of likely N-dealkylation sites (tertiary alicyclic amines) is 1. The maximum Gasteiger partial charge on any atom is 0.00126 e. The molecular formula is C13H28N2. The highest BCUT2D eigenvalue weighted by Crippen LogP contribution is 2.23. The maximum absolute atomic E-state index is 5.73. The zero-order valence-electron chi connectivity index (χ0n) is 10.7. The van der Waals surface area contributed by atoms with Gasteiger partial charge in [-0.25, -0.2) is 0 Å². The average Bonchev–Trinajstić information content (AvgIpc) is 2.60. The van der Waals surface area contributed by atoms with Crippen molar-refractivity contribution in [2.75, 3.05) is 19.6 Å². The minimum Gasteiger partial charge on any atom is -0.328 e. The van der Waals surface area contributed by atoms with Gasteiger partial charge in [0, 0.05) is 12.6 Å². The molecule has 0 aromatic carbocycles. The SMILES string of the molecule is CC(N)CCCCN1CCC(C(C)C)C1. The number of unbranched alkanes of at least 4 members (excludes halogenated alkanes) is 1. The molecule has 15 heavy (non-hydrogen) atoms. The Kier molecular flexibility index (Phi) is 5.62. The van der Waals surface area contributed by atoms with Crippen LogP contribution in [0.25, 0.3) is 0 Å². The smallest absolute Gasteiger partial charge is 0.00126 e.